The molecule has 3 heterocycles. The first-order valence-corrected chi connectivity index (χ1v) is 11.5. The number of nitrogen functional groups attached to an aromatic ring is 1. The Hall–Kier alpha value is -4.64. The van der Waals surface area contributed by atoms with E-state index in [0.717, 1.165) is 59.0 Å². The monoisotopic (exact) mass is 463 g/mol. The van der Waals surface area contributed by atoms with Crippen molar-refractivity contribution in [1.29, 1.82) is 5.26 Å². The quantitative estimate of drug-likeness (QED) is 0.309. The molecule has 0 fully saturated rings. The third-order valence-corrected chi connectivity index (χ3v) is 6.93. The zero-order valence-corrected chi connectivity index (χ0v) is 18.7. The van der Waals surface area contributed by atoms with Crippen molar-refractivity contribution in [3.8, 4) is 11.9 Å². The molecule has 35 heavy (non-hydrogen) atoms. The predicted octanol–water partition coefficient (Wildman–Crippen LogP) is 5.39. The smallest absolute Gasteiger partial charge is 0.269 e. The Balaban J connectivity index is 1.63. The number of hydrogen-bond donors (Lipinski definition) is 2. The van der Waals surface area contributed by atoms with Crippen molar-refractivity contribution in [3.63, 3.8) is 0 Å². The Morgan fingerprint density at radius 2 is 1.91 bits per heavy atom. The number of anilines is 1. The van der Waals surface area contributed by atoms with Crippen LogP contribution >= 0.6 is 0 Å². The minimum Gasteiger partial charge on any atom is -0.437 e. The van der Waals surface area contributed by atoms with Crippen LogP contribution in [0.4, 0.5) is 11.4 Å². The maximum Gasteiger partial charge on any atom is 0.269 e. The lowest BCUT2D eigenvalue weighted by Gasteiger charge is -2.31. The lowest BCUT2D eigenvalue weighted by Crippen LogP contribution is -2.21. The molecule has 8 nitrogen and oxygen atoms in total. The van der Waals surface area contributed by atoms with Gasteiger partial charge in [0.2, 0.25) is 5.88 Å². The third-order valence-electron chi connectivity index (χ3n) is 6.93. The van der Waals surface area contributed by atoms with Gasteiger partial charge in [0.05, 0.1) is 28.0 Å². The third kappa shape index (κ3) is 3.24. The molecule has 1 aliphatic heterocycles. The van der Waals surface area contributed by atoms with E-state index in [4.69, 9.17) is 15.5 Å². The molecule has 2 aromatic carbocycles. The molecule has 1 atom stereocenters. The molecular weight excluding hydrogens is 442 g/mol. The lowest BCUT2D eigenvalue weighted by molar-refractivity contribution is -0.384. The first-order valence-electron chi connectivity index (χ1n) is 11.5. The van der Waals surface area contributed by atoms with Crippen LogP contribution in [0.5, 0.6) is 5.88 Å². The first-order chi connectivity index (χ1) is 17.1. The van der Waals surface area contributed by atoms with E-state index in [-0.39, 0.29) is 5.69 Å². The number of H-pyrrole nitrogens is 1. The molecule has 0 bridgehead atoms. The highest BCUT2D eigenvalue weighted by atomic mass is 16.6. The molecule has 2 aromatic heterocycles. The summed E-state index contributed by atoms with van der Waals surface area (Å²) in [5, 5.41) is 22.6. The van der Waals surface area contributed by atoms with Gasteiger partial charge in [-0.1, -0.05) is 30.3 Å². The topological polar surface area (TPSA) is 131 Å². The van der Waals surface area contributed by atoms with E-state index >= 15 is 0 Å². The van der Waals surface area contributed by atoms with Crippen LogP contribution in [0.3, 0.4) is 0 Å². The van der Waals surface area contributed by atoms with Crippen molar-refractivity contribution in [2.24, 2.45) is 0 Å². The van der Waals surface area contributed by atoms with Crippen LogP contribution in [0.2, 0.25) is 0 Å². The molecule has 0 amide bonds. The molecule has 0 spiro atoms. The van der Waals surface area contributed by atoms with Gasteiger partial charge < -0.3 is 15.5 Å². The number of nitrogens with zero attached hydrogens (tertiary/aromatic N) is 3. The Labute approximate surface area is 200 Å². The number of rotatable bonds is 3. The van der Waals surface area contributed by atoms with Crippen molar-refractivity contribution >= 4 is 28.0 Å². The largest absolute Gasteiger partial charge is 0.437 e. The number of allylic oxidation sites excluding steroid dienone is 1. The van der Waals surface area contributed by atoms with Gasteiger partial charge in [-0.05, 0) is 42.9 Å². The summed E-state index contributed by atoms with van der Waals surface area (Å²) in [7, 11) is 0. The number of aromatic amines is 1. The molecule has 4 aromatic rings. The van der Waals surface area contributed by atoms with Crippen molar-refractivity contribution < 1.29 is 9.66 Å². The number of aryl methyl sites for hydroxylation is 1. The van der Waals surface area contributed by atoms with Gasteiger partial charge in [0.1, 0.15) is 0 Å². The van der Waals surface area contributed by atoms with E-state index in [1.165, 1.54) is 12.1 Å². The molecular formula is C27H21N5O3. The highest BCUT2D eigenvalue weighted by Crippen LogP contribution is 2.50. The van der Waals surface area contributed by atoms with Crippen LogP contribution in [0, 0.1) is 21.4 Å². The van der Waals surface area contributed by atoms with Crippen LogP contribution in [-0.2, 0) is 12.8 Å². The number of nitro benzene ring substituents is 1. The molecule has 6 rings (SSSR count). The van der Waals surface area contributed by atoms with Crippen LogP contribution in [-0.4, -0.2) is 14.9 Å². The zero-order chi connectivity index (χ0) is 24.1. The number of nitro groups is 1. The fourth-order valence-electron chi connectivity index (χ4n) is 5.24. The number of benzene rings is 2. The normalized spacial score (nSPS) is 16.8. The summed E-state index contributed by atoms with van der Waals surface area (Å²) >= 11 is 0. The molecule has 1 unspecified atom stereocenters. The van der Waals surface area contributed by atoms with Crippen LogP contribution < -0.4 is 10.5 Å². The summed E-state index contributed by atoms with van der Waals surface area (Å²) in [5.41, 5.74) is 12.7. The van der Waals surface area contributed by atoms with Gasteiger partial charge in [-0.25, -0.2) is 4.98 Å². The van der Waals surface area contributed by atoms with E-state index in [0.29, 0.717) is 28.5 Å². The van der Waals surface area contributed by atoms with Gasteiger partial charge >= 0.3 is 0 Å². The summed E-state index contributed by atoms with van der Waals surface area (Å²) in [4.78, 5) is 18.9. The molecule has 0 saturated carbocycles. The van der Waals surface area contributed by atoms with Crippen LogP contribution in [0.25, 0.3) is 16.7 Å². The molecule has 3 N–H and O–H groups in total. The fraction of sp³-hybridized carbons (Fsp3) is 0.185. The predicted molar refractivity (Wildman–Crippen MR) is 132 cm³/mol. The number of pyridine rings is 1. The van der Waals surface area contributed by atoms with E-state index in [1.54, 1.807) is 12.1 Å². The molecule has 2 aliphatic rings. The number of aromatic nitrogens is 2. The molecule has 172 valence electrons. The molecule has 0 saturated heterocycles. The minimum absolute atomic E-state index is 0.0167. The molecule has 0 radical (unpaired) electrons. The Bertz CT molecular complexity index is 1580. The average molecular weight is 463 g/mol. The standard InChI is InChI=1S/C27H21N5O3/c28-13-19-23(15-9-11-16(12-10-15)32(33)34)24-25(29)18-6-2-4-8-22(18)31-27(24)35-26(19)20-14-30-21-7-3-1-5-17(20)21/h1,3,5,7,9-12,14,23,30H,2,4,6,8H2,(H2,29,31). The summed E-state index contributed by atoms with van der Waals surface area (Å²) in [5.74, 6) is 0.252. The number of nitriles is 1. The van der Waals surface area contributed by atoms with Crippen molar-refractivity contribution in [2.45, 2.75) is 31.6 Å². The Kier molecular flexibility index (Phi) is 4.78. The first kappa shape index (κ1) is 20.9. The second-order valence-corrected chi connectivity index (χ2v) is 8.86. The van der Waals surface area contributed by atoms with Crippen molar-refractivity contribution in [1.82, 2.24) is 9.97 Å². The van der Waals surface area contributed by atoms with Crippen molar-refractivity contribution in [3.05, 3.63) is 98.4 Å². The number of nitrogens with two attached hydrogens (primary N) is 1. The maximum atomic E-state index is 11.2. The van der Waals surface area contributed by atoms with E-state index < -0.39 is 10.8 Å². The van der Waals surface area contributed by atoms with Crippen LogP contribution in [0.15, 0.2) is 60.3 Å². The lowest BCUT2D eigenvalue weighted by atomic mass is 9.80. The average Bonchev–Trinajstić information content (AvgIpc) is 3.32. The second kappa shape index (κ2) is 7.99. The molecule has 8 heteroatoms. The van der Waals surface area contributed by atoms with E-state index in [9.17, 15) is 15.4 Å². The molecule has 1 aliphatic carbocycles. The highest BCUT2D eigenvalue weighted by molar-refractivity contribution is 5.94. The van der Waals surface area contributed by atoms with Gasteiger partial charge in [0.25, 0.3) is 5.69 Å². The number of hydrogen-bond acceptors (Lipinski definition) is 6. The van der Waals surface area contributed by atoms with Gasteiger partial charge in [0.15, 0.2) is 5.76 Å². The summed E-state index contributed by atoms with van der Waals surface area (Å²) in [6, 6.07) is 16.4. The number of para-hydroxylation sites is 1. The van der Waals surface area contributed by atoms with E-state index in [1.807, 2.05) is 30.5 Å². The number of fused-ring (bicyclic) bond motifs is 3. The summed E-state index contributed by atoms with van der Waals surface area (Å²) in [6.07, 6.45) is 5.56. The maximum absolute atomic E-state index is 11.2. The van der Waals surface area contributed by atoms with E-state index in [2.05, 4.69) is 11.1 Å². The zero-order valence-electron chi connectivity index (χ0n) is 18.7. The minimum atomic E-state index is -0.562. The van der Waals surface area contributed by atoms with Gasteiger partial charge in [-0.3, -0.25) is 10.1 Å². The van der Waals surface area contributed by atoms with Crippen molar-refractivity contribution in [2.75, 3.05) is 5.73 Å². The summed E-state index contributed by atoms with van der Waals surface area (Å²) in [6.45, 7) is 0. The van der Waals surface area contributed by atoms with Gasteiger partial charge in [0, 0.05) is 46.2 Å². The highest BCUT2D eigenvalue weighted by Gasteiger charge is 2.37. The Morgan fingerprint density at radius 3 is 2.69 bits per heavy atom. The summed E-state index contributed by atoms with van der Waals surface area (Å²) < 4.78 is 6.39. The van der Waals surface area contributed by atoms with Gasteiger partial charge in [-0.2, -0.15) is 5.26 Å². The second-order valence-electron chi connectivity index (χ2n) is 8.86. The Morgan fingerprint density at radius 1 is 1.14 bits per heavy atom. The fourth-order valence-corrected chi connectivity index (χ4v) is 5.24. The number of nitrogens with one attached hydrogen (secondary N) is 1. The van der Waals surface area contributed by atoms with Crippen LogP contribution in [0.1, 0.15) is 46.7 Å². The number of ether oxygens (including phenoxy) is 1. The SMILES string of the molecule is N#CC1=C(c2c[nH]c3ccccc23)Oc2nc3c(c(N)c2C1c1ccc([N+](=O)[O-])cc1)CCCC3. The van der Waals surface area contributed by atoms with Gasteiger partial charge in [-0.15, -0.1) is 0 Å². The number of non-ortho nitro benzene ring substituents is 1.